The molecule has 0 fully saturated rings. The molecule has 0 aliphatic rings. The number of methoxy groups -OCH3 is 2. The number of aliphatic imine (C=N–C) groups is 1. The number of rotatable bonds is 5. The van der Waals surface area contributed by atoms with E-state index >= 15 is 0 Å². The molecule has 2 aromatic rings. The number of nitrogens with one attached hydrogen (secondary N) is 3. The van der Waals surface area contributed by atoms with Crippen LogP contribution >= 0.6 is 11.8 Å². The fourth-order valence-electron chi connectivity index (χ4n) is 2.49. The zero-order valence-corrected chi connectivity index (χ0v) is 19.4. The van der Waals surface area contributed by atoms with Gasteiger partial charge in [-0.25, -0.2) is 9.59 Å². The number of guanidine groups is 1. The van der Waals surface area contributed by atoms with Gasteiger partial charge in [0.15, 0.2) is 0 Å². The van der Waals surface area contributed by atoms with E-state index < -0.39 is 24.1 Å². The number of benzene rings is 2. The maximum atomic E-state index is 12.9. The van der Waals surface area contributed by atoms with Gasteiger partial charge in [-0.3, -0.25) is 20.2 Å². The summed E-state index contributed by atoms with van der Waals surface area (Å²) in [7, 11) is 2.20. The van der Waals surface area contributed by atoms with Crippen LogP contribution in [0.4, 0.5) is 15.3 Å². The summed E-state index contributed by atoms with van der Waals surface area (Å²) in [5, 5.41) is 7.13. The van der Waals surface area contributed by atoms with Gasteiger partial charge in [0.25, 0.3) is 5.91 Å². The number of aryl methyl sites for hydroxylation is 1. The highest BCUT2D eigenvalue weighted by Gasteiger charge is 2.18. The van der Waals surface area contributed by atoms with Crippen molar-refractivity contribution in [1.29, 1.82) is 0 Å². The van der Waals surface area contributed by atoms with Gasteiger partial charge < -0.3 is 14.8 Å². The molecule has 0 aliphatic heterocycles. The number of amides is 4. The molecule has 3 N–H and O–H groups in total. The Labute approximate surface area is 195 Å². The van der Waals surface area contributed by atoms with Crippen LogP contribution in [-0.4, -0.2) is 44.2 Å². The molecule has 4 amide bonds. The van der Waals surface area contributed by atoms with Crippen molar-refractivity contribution >= 4 is 47.4 Å². The quantitative estimate of drug-likeness (QED) is 0.446. The number of carbonyl (C=O) groups is 4. The standard InChI is InChI=1S/C22H24N4O6S/c1-5-18(27)23-17-12-15(33-14-8-6-7-13(2)11-14)9-10-16(17)19(28)24-20(25-21(29)31-3)26-22(30)32-4/h6-12H,5H2,1-4H3,(H,23,27)(H2,24,25,26,28,29,30). The third kappa shape index (κ3) is 7.96. The predicted molar refractivity (Wildman–Crippen MR) is 124 cm³/mol. The second-order valence-corrected chi connectivity index (χ2v) is 7.68. The molecule has 33 heavy (non-hydrogen) atoms. The lowest BCUT2D eigenvalue weighted by atomic mass is 10.1. The van der Waals surface area contributed by atoms with Crippen molar-refractivity contribution in [2.75, 3.05) is 19.5 Å². The van der Waals surface area contributed by atoms with Gasteiger partial charge in [-0.1, -0.05) is 36.4 Å². The summed E-state index contributed by atoms with van der Waals surface area (Å²) in [6.07, 6.45) is -1.80. The smallest absolute Gasteiger partial charge is 0.436 e. The predicted octanol–water partition coefficient (Wildman–Crippen LogP) is 3.70. The topological polar surface area (TPSA) is 135 Å². The highest BCUT2D eigenvalue weighted by molar-refractivity contribution is 7.99. The molecule has 2 rings (SSSR count). The zero-order valence-electron chi connectivity index (χ0n) is 18.6. The van der Waals surface area contributed by atoms with Crippen molar-refractivity contribution in [2.45, 2.75) is 30.1 Å². The van der Waals surface area contributed by atoms with Crippen LogP contribution in [0.1, 0.15) is 29.3 Å². The molecule has 0 bridgehead atoms. The largest absolute Gasteiger partial charge is 0.453 e. The molecule has 0 atom stereocenters. The van der Waals surface area contributed by atoms with E-state index in [1.54, 1.807) is 19.1 Å². The van der Waals surface area contributed by atoms with Crippen molar-refractivity contribution in [1.82, 2.24) is 10.6 Å². The minimum absolute atomic E-state index is 0.0922. The normalized spacial score (nSPS) is 10.7. The minimum atomic E-state index is -1.05. The van der Waals surface area contributed by atoms with Crippen LogP contribution in [0, 0.1) is 6.92 Å². The number of hydrogen-bond donors (Lipinski definition) is 3. The molecule has 2 aromatic carbocycles. The number of nitrogens with zero attached hydrogens (tertiary/aromatic N) is 1. The lowest BCUT2D eigenvalue weighted by Crippen LogP contribution is -2.44. The first-order chi connectivity index (χ1) is 15.7. The summed E-state index contributed by atoms with van der Waals surface area (Å²) in [5.41, 5.74) is 1.45. The van der Waals surface area contributed by atoms with E-state index in [0.717, 1.165) is 29.6 Å². The second-order valence-electron chi connectivity index (χ2n) is 6.53. The van der Waals surface area contributed by atoms with Gasteiger partial charge in [0.05, 0.1) is 25.5 Å². The van der Waals surface area contributed by atoms with E-state index in [4.69, 9.17) is 0 Å². The van der Waals surface area contributed by atoms with E-state index in [1.165, 1.54) is 17.8 Å². The molecule has 0 heterocycles. The van der Waals surface area contributed by atoms with Crippen molar-refractivity contribution < 1.29 is 28.7 Å². The minimum Gasteiger partial charge on any atom is -0.453 e. The van der Waals surface area contributed by atoms with E-state index in [9.17, 15) is 19.2 Å². The van der Waals surface area contributed by atoms with E-state index in [0.29, 0.717) is 0 Å². The van der Waals surface area contributed by atoms with Crippen LogP contribution in [0.5, 0.6) is 0 Å². The molecule has 0 spiro atoms. The van der Waals surface area contributed by atoms with Gasteiger partial charge in [0, 0.05) is 16.2 Å². The Morgan fingerprint density at radius 2 is 1.70 bits per heavy atom. The highest BCUT2D eigenvalue weighted by Crippen LogP contribution is 2.31. The molecular formula is C22H24N4O6S. The van der Waals surface area contributed by atoms with Crippen molar-refractivity contribution in [3.8, 4) is 0 Å². The summed E-state index contributed by atoms with van der Waals surface area (Å²) >= 11 is 1.47. The van der Waals surface area contributed by atoms with Crippen LogP contribution in [0.2, 0.25) is 0 Å². The molecule has 0 aromatic heterocycles. The summed E-state index contributed by atoms with van der Waals surface area (Å²) in [6.45, 7) is 3.67. The Morgan fingerprint density at radius 1 is 0.970 bits per heavy atom. The fourth-order valence-corrected chi connectivity index (χ4v) is 3.46. The highest BCUT2D eigenvalue weighted by atomic mass is 32.2. The summed E-state index contributed by atoms with van der Waals surface area (Å²) in [4.78, 5) is 53.2. The molecule has 0 saturated heterocycles. The summed E-state index contributed by atoms with van der Waals surface area (Å²) in [5.74, 6) is -1.52. The molecule has 0 unspecified atom stereocenters. The van der Waals surface area contributed by atoms with Crippen molar-refractivity contribution in [2.24, 2.45) is 4.99 Å². The Balaban J connectivity index is 2.35. The van der Waals surface area contributed by atoms with Crippen molar-refractivity contribution in [3.63, 3.8) is 0 Å². The number of alkyl carbamates (subject to hydrolysis) is 1. The second kappa shape index (κ2) is 12.2. The van der Waals surface area contributed by atoms with Gasteiger partial charge in [-0.05, 0) is 37.3 Å². The summed E-state index contributed by atoms with van der Waals surface area (Å²) < 4.78 is 8.89. The lowest BCUT2D eigenvalue weighted by molar-refractivity contribution is -0.115. The molecule has 0 saturated carbocycles. The molecule has 174 valence electrons. The first-order valence-electron chi connectivity index (χ1n) is 9.77. The van der Waals surface area contributed by atoms with Gasteiger partial charge >= 0.3 is 12.2 Å². The first-order valence-corrected chi connectivity index (χ1v) is 10.6. The Morgan fingerprint density at radius 3 is 2.33 bits per heavy atom. The average Bonchev–Trinajstić information content (AvgIpc) is 2.78. The van der Waals surface area contributed by atoms with Crippen LogP contribution in [0.25, 0.3) is 0 Å². The molecule has 11 heteroatoms. The lowest BCUT2D eigenvalue weighted by Gasteiger charge is -2.14. The Kier molecular flexibility index (Phi) is 9.43. The van der Waals surface area contributed by atoms with Gasteiger partial charge in [0.2, 0.25) is 11.9 Å². The maximum Gasteiger partial charge on any atom is 0.436 e. The number of anilines is 1. The monoisotopic (exact) mass is 472 g/mol. The third-order valence-electron chi connectivity index (χ3n) is 4.07. The molecular weight excluding hydrogens is 448 g/mol. The average molecular weight is 473 g/mol. The third-order valence-corrected chi connectivity index (χ3v) is 5.05. The maximum absolute atomic E-state index is 12.9. The molecule has 0 radical (unpaired) electrons. The van der Waals surface area contributed by atoms with Crippen LogP contribution in [0.3, 0.4) is 0 Å². The van der Waals surface area contributed by atoms with Gasteiger partial charge in [0.1, 0.15) is 0 Å². The summed E-state index contributed by atoms with van der Waals surface area (Å²) in [6, 6.07) is 12.8. The molecule has 0 aliphatic carbocycles. The van der Waals surface area contributed by atoms with Crippen LogP contribution < -0.4 is 16.0 Å². The van der Waals surface area contributed by atoms with E-state index in [2.05, 4.69) is 30.4 Å². The van der Waals surface area contributed by atoms with Crippen LogP contribution in [-0.2, 0) is 14.3 Å². The Bertz CT molecular complexity index is 1090. The number of carbonyl (C=O) groups excluding carboxylic acids is 4. The first kappa shape index (κ1) is 25.4. The zero-order chi connectivity index (χ0) is 24.4. The van der Waals surface area contributed by atoms with E-state index in [-0.39, 0.29) is 23.6 Å². The SMILES string of the molecule is CCC(=O)Nc1cc(Sc2cccc(C)c2)ccc1C(=O)NC(=NC(=O)OC)NC(=O)OC. The number of ether oxygens (including phenoxy) is 2. The number of hydrogen-bond acceptors (Lipinski definition) is 7. The van der Waals surface area contributed by atoms with Crippen molar-refractivity contribution in [3.05, 3.63) is 53.6 Å². The Hall–Kier alpha value is -3.86. The van der Waals surface area contributed by atoms with E-state index in [1.807, 2.05) is 31.2 Å². The van der Waals surface area contributed by atoms with Crippen LogP contribution in [0.15, 0.2) is 57.2 Å². The fraction of sp³-hybridized carbons (Fsp3) is 0.227. The van der Waals surface area contributed by atoms with Gasteiger partial charge in [-0.15, -0.1) is 4.99 Å². The van der Waals surface area contributed by atoms with Gasteiger partial charge in [-0.2, -0.15) is 0 Å². The molecule has 10 nitrogen and oxygen atoms in total.